The Kier molecular flexibility index (Phi) is 6.00. The van der Waals surface area contributed by atoms with Crippen molar-refractivity contribution in [3.63, 3.8) is 0 Å². The van der Waals surface area contributed by atoms with Gasteiger partial charge in [0, 0.05) is 6.54 Å². The summed E-state index contributed by atoms with van der Waals surface area (Å²) in [4.78, 5) is 0.201. The summed E-state index contributed by atoms with van der Waals surface area (Å²) in [6.45, 7) is 9.18. The molecule has 2 aromatic rings. The van der Waals surface area contributed by atoms with Crippen LogP contribution in [0.1, 0.15) is 46.1 Å². The number of nitrogens with one attached hydrogen (secondary N) is 2. The molecule has 0 aliphatic heterocycles. The number of hydrogen-bond acceptors (Lipinski definition) is 5. The van der Waals surface area contributed by atoms with Crippen LogP contribution in [-0.2, 0) is 15.4 Å². The highest BCUT2D eigenvalue weighted by Gasteiger charge is 2.18. The summed E-state index contributed by atoms with van der Waals surface area (Å²) in [5.41, 5.74) is 1.05. The molecule has 1 aromatic heterocycles. The predicted molar refractivity (Wildman–Crippen MR) is 101 cm³/mol. The lowest BCUT2D eigenvalue weighted by molar-refractivity contribution is 0.587. The molecular formula is C18H26N4O2S. The lowest BCUT2D eigenvalue weighted by Gasteiger charge is -2.19. The van der Waals surface area contributed by atoms with Gasteiger partial charge in [0.25, 0.3) is 10.0 Å². The Balaban J connectivity index is 2.08. The second kappa shape index (κ2) is 7.82. The largest absolute Gasteiger partial charge is 0.369 e. The molecule has 0 atom stereocenters. The molecule has 2 N–H and O–H groups in total. The Morgan fingerprint density at radius 3 is 2.08 bits per heavy atom. The second-order valence-electron chi connectivity index (χ2n) is 6.96. The molecule has 0 saturated carbocycles. The van der Waals surface area contributed by atoms with Gasteiger partial charge in [0.15, 0.2) is 5.82 Å². The number of rotatable bonds is 7. The first-order valence-corrected chi connectivity index (χ1v) is 9.91. The van der Waals surface area contributed by atoms with Crippen molar-refractivity contribution < 1.29 is 8.42 Å². The van der Waals surface area contributed by atoms with Crippen LogP contribution >= 0.6 is 0 Å². The average molecular weight is 362 g/mol. The van der Waals surface area contributed by atoms with Gasteiger partial charge in [0.1, 0.15) is 5.82 Å². The standard InChI is InChI=1S/C18H26N4O2S/c1-5-6-13-19-16-11-12-17(21-20-16)22-25(23,24)15-9-7-14(8-10-15)18(2,3)4/h7-12H,5-6,13H2,1-4H3,(H,19,20)(H,21,22). The van der Waals surface area contributed by atoms with E-state index in [1.807, 2.05) is 12.1 Å². The van der Waals surface area contributed by atoms with Crippen LogP contribution in [0.4, 0.5) is 11.6 Å². The normalized spacial score (nSPS) is 12.0. The molecule has 0 bridgehead atoms. The Morgan fingerprint density at radius 1 is 0.960 bits per heavy atom. The van der Waals surface area contributed by atoms with E-state index in [-0.39, 0.29) is 16.1 Å². The van der Waals surface area contributed by atoms with Gasteiger partial charge in [-0.1, -0.05) is 46.2 Å². The van der Waals surface area contributed by atoms with Crippen LogP contribution in [0.15, 0.2) is 41.3 Å². The number of aromatic nitrogens is 2. The molecule has 0 unspecified atom stereocenters. The minimum absolute atomic E-state index is 0.0260. The number of nitrogens with zero attached hydrogens (tertiary/aromatic N) is 2. The van der Waals surface area contributed by atoms with E-state index < -0.39 is 10.0 Å². The van der Waals surface area contributed by atoms with Gasteiger partial charge in [-0.3, -0.25) is 4.72 Å². The van der Waals surface area contributed by atoms with Crippen molar-refractivity contribution in [2.45, 2.75) is 50.8 Å². The highest BCUT2D eigenvalue weighted by atomic mass is 32.2. The quantitative estimate of drug-likeness (QED) is 0.732. The van der Waals surface area contributed by atoms with Gasteiger partial charge in [-0.05, 0) is 41.7 Å². The lowest BCUT2D eigenvalue weighted by Crippen LogP contribution is -2.16. The third-order valence-corrected chi connectivity index (χ3v) is 5.14. The third-order valence-electron chi connectivity index (χ3n) is 3.77. The fourth-order valence-electron chi connectivity index (χ4n) is 2.20. The van der Waals surface area contributed by atoms with E-state index in [2.05, 4.69) is 47.9 Å². The van der Waals surface area contributed by atoms with Gasteiger partial charge in [-0.25, -0.2) is 8.42 Å². The number of hydrogen-bond donors (Lipinski definition) is 2. The van der Waals surface area contributed by atoms with Crippen molar-refractivity contribution in [2.24, 2.45) is 0 Å². The van der Waals surface area contributed by atoms with E-state index in [1.165, 1.54) is 0 Å². The van der Waals surface area contributed by atoms with Crippen LogP contribution in [0.3, 0.4) is 0 Å². The summed E-state index contributed by atoms with van der Waals surface area (Å²) < 4.78 is 27.4. The maximum absolute atomic E-state index is 12.5. The molecule has 6 nitrogen and oxygen atoms in total. The van der Waals surface area contributed by atoms with Crippen LogP contribution in [0, 0.1) is 0 Å². The van der Waals surface area contributed by atoms with Gasteiger partial charge in [-0.2, -0.15) is 0 Å². The summed E-state index contributed by atoms with van der Waals surface area (Å²) in [7, 11) is -3.68. The molecule has 25 heavy (non-hydrogen) atoms. The zero-order valence-electron chi connectivity index (χ0n) is 15.2. The minimum Gasteiger partial charge on any atom is -0.369 e. The van der Waals surface area contributed by atoms with E-state index >= 15 is 0 Å². The lowest BCUT2D eigenvalue weighted by atomic mass is 9.87. The number of sulfonamides is 1. The average Bonchev–Trinajstić information content (AvgIpc) is 2.56. The molecule has 7 heteroatoms. The first-order chi connectivity index (χ1) is 11.7. The number of anilines is 2. The van der Waals surface area contributed by atoms with Crippen LogP contribution < -0.4 is 10.0 Å². The molecule has 136 valence electrons. The van der Waals surface area contributed by atoms with Gasteiger partial charge in [0.2, 0.25) is 0 Å². The SMILES string of the molecule is CCCCNc1ccc(NS(=O)(=O)c2ccc(C(C)(C)C)cc2)nn1. The van der Waals surface area contributed by atoms with Crippen LogP contribution in [0.25, 0.3) is 0 Å². The van der Waals surface area contributed by atoms with Crippen molar-refractivity contribution in [3.05, 3.63) is 42.0 Å². The predicted octanol–water partition coefficient (Wildman–Crippen LogP) is 3.79. The van der Waals surface area contributed by atoms with Gasteiger partial charge in [0.05, 0.1) is 4.90 Å². The van der Waals surface area contributed by atoms with E-state index in [4.69, 9.17) is 0 Å². The summed E-state index contributed by atoms with van der Waals surface area (Å²) in [5, 5.41) is 11.0. The Morgan fingerprint density at radius 2 is 1.56 bits per heavy atom. The van der Waals surface area contributed by atoms with E-state index in [9.17, 15) is 8.42 Å². The number of unbranched alkanes of at least 4 members (excludes halogenated alkanes) is 1. The smallest absolute Gasteiger partial charge is 0.263 e. The molecule has 1 heterocycles. The Bertz CT molecular complexity index is 779. The van der Waals surface area contributed by atoms with Crippen LogP contribution in [0.5, 0.6) is 0 Å². The minimum atomic E-state index is -3.68. The second-order valence-corrected chi connectivity index (χ2v) is 8.65. The van der Waals surface area contributed by atoms with Crippen molar-refractivity contribution in [3.8, 4) is 0 Å². The fourth-order valence-corrected chi connectivity index (χ4v) is 3.20. The molecule has 0 saturated heterocycles. The molecule has 1 aromatic carbocycles. The maximum Gasteiger partial charge on any atom is 0.263 e. The molecule has 0 aliphatic carbocycles. The topological polar surface area (TPSA) is 84.0 Å². The van der Waals surface area contributed by atoms with Crippen molar-refractivity contribution in [1.82, 2.24) is 10.2 Å². The first-order valence-electron chi connectivity index (χ1n) is 8.43. The highest BCUT2D eigenvalue weighted by molar-refractivity contribution is 7.92. The molecule has 0 radical (unpaired) electrons. The monoisotopic (exact) mass is 362 g/mol. The Hall–Kier alpha value is -2.15. The van der Waals surface area contributed by atoms with Crippen LogP contribution in [-0.4, -0.2) is 25.2 Å². The number of benzene rings is 1. The highest BCUT2D eigenvalue weighted by Crippen LogP contribution is 2.24. The van der Waals surface area contributed by atoms with Crippen LogP contribution in [0.2, 0.25) is 0 Å². The summed E-state index contributed by atoms with van der Waals surface area (Å²) in [6.07, 6.45) is 2.13. The van der Waals surface area contributed by atoms with Gasteiger partial charge in [-0.15, -0.1) is 10.2 Å². The summed E-state index contributed by atoms with van der Waals surface area (Å²) in [5.74, 6) is 0.826. The van der Waals surface area contributed by atoms with E-state index in [0.29, 0.717) is 5.82 Å². The van der Waals surface area contributed by atoms with Gasteiger partial charge < -0.3 is 5.32 Å². The van der Waals surface area contributed by atoms with E-state index in [0.717, 1.165) is 24.9 Å². The zero-order chi connectivity index (χ0) is 18.5. The fraction of sp³-hybridized carbons (Fsp3) is 0.444. The Labute approximate surface area is 150 Å². The molecular weight excluding hydrogens is 336 g/mol. The summed E-state index contributed by atoms with van der Waals surface area (Å²) >= 11 is 0. The van der Waals surface area contributed by atoms with Gasteiger partial charge >= 0.3 is 0 Å². The van der Waals surface area contributed by atoms with Crippen molar-refractivity contribution in [2.75, 3.05) is 16.6 Å². The summed E-state index contributed by atoms with van der Waals surface area (Å²) in [6, 6.07) is 10.2. The molecule has 0 amide bonds. The van der Waals surface area contributed by atoms with Crippen molar-refractivity contribution in [1.29, 1.82) is 0 Å². The zero-order valence-corrected chi connectivity index (χ0v) is 16.0. The molecule has 0 spiro atoms. The van der Waals surface area contributed by atoms with E-state index in [1.54, 1.807) is 24.3 Å². The first kappa shape index (κ1) is 19.2. The molecule has 2 rings (SSSR count). The maximum atomic E-state index is 12.5. The van der Waals surface area contributed by atoms with Crippen molar-refractivity contribution >= 4 is 21.7 Å². The third kappa shape index (κ3) is 5.42. The molecule has 0 fully saturated rings. The molecule has 0 aliphatic rings.